The molecule has 3 aliphatic rings. The van der Waals surface area contributed by atoms with Gasteiger partial charge in [-0.3, -0.25) is 0 Å². The van der Waals surface area contributed by atoms with Crippen LogP contribution in [0.1, 0.15) is 19.0 Å². The molecule has 0 bridgehead atoms. The summed E-state index contributed by atoms with van der Waals surface area (Å²) < 4.78 is 59.6. The summed E-state index contributed by atoms with van der Waals surface area (Å²) in [7, 11) is 0. The van der Waals surface area contributed by atoms with Gasteiger partial charge in [0.05, 0.1) is 5.75 Å². The maximum Gasteiger partial charge on any atom is 0.433 e. The second kappa shape index (κ2) is 5.80. The highest BCUT2D eigenvalue weighted by atomic mass is 32.2. The molecular weight excluding hydrogens is 357 g/mol. The zero-order chi connectivity index (χ0) is 17.9. The van der Waals surface area contributed by atoms with E-state index in [-0.39, 0.29) is 35.5 Å². The van der Waals surface area contributed by atoms with E-state index in [9.17, 15) is 17.4 Å². The van der Waals surface area contributed by atoms with Gasteiger partial charge < -0.3 is 14.4 Å². The quantitative estimate of drug-likeness (QED) is 0.811. The molecule has 1 aromatic heterocycles. The van der Waals surface area contributed by atoms with E-state index in [1.807, 2.05) is 11.8 Å². The lowest BCUT2D eigenvalue weighted by molar-refractivity contribution is -0.141. The molecular formula is C15H19F3N4O2S. The first-order valence-electron chi connectivity index (χ1n) is 8.29. The Hall–Kier alpha value is -1.42. The highest BCUT2D eigenvalue weighted by Crippen LogP contribution is 2.52. The summed E-state index contributed by atoms with van der Waals surface area (Å²) in [6.45, 7) is 3.76. The molecule has 6 nitrogen and oxygen atoms in total. The summed E-state index contributed by atoms with van der Waals surface area (Å²) in [5.41, 5.74) is -0.916. The third-order valence-electron chi connectivity index (χ3n) is 5.60. The van der Waals surface area contributed by atoms with Gasteiger partial charge in [-0.15, -0.1) is 0 Å². The number of aromatic nitrogens is 2. The van der Waals surface area contributed by atoms with E-state index in [4.69, 9.17) is 4.55 Å². The van der Waals surface area contributed by atoms with Crippen molar-refractivity contribution in [3.63, 3.8) is 0 Å². The number of halogens is 3. The number of hydrogen-bond acceptors (Lipinski definition) is 5. The van der Waals surface area contributed by atoms with E-state index >= 15 is 0 Å². The second-order valence-corrected chi connectivity index (χ2v) is 8.10. The Balaban J connectivity index is 1.56. The topological polar surface area (TPSA) is 69.6 Å². The highest BCUT2D eigenvalue weighted by molar-refractivity contribution is 7.79. The van der Waals surface area contributed by atoms with Crippen molar-refractivity contribution < 1.29 is 21.9 Å². The molecule has 2 aliphatic heterocycles. The second-order valence-electron chi connectivity index (χ2n) is 7.12. The van der Waals surface area contributed by atoms with Gasteiger partial charge in [0, 0.05) is 31.7 Å². The SMILES string of the molecule is CC1CCN1c1nc(N2C[C@@H]3C(CS(=O)O)[C@@H]3C2)cc(C(F)(F)F)n1. The van der Waals surface area contributed by atoms with Crippen LogP contribution in [0, 0.1) is 17.8 Å². The molecule has 4 rings (SSSR count). The van der Waals surface area contributed by atoms with E-state index in [1.54, 1.807) is 4.90 Å². The van der Waals surface area contributed by atoms with Crippen LogP contribution in [0.3, 0.4) is 0 Å². The third kappa shape index (κ3) is 3.10. The number of fused-ring (bicyclic) bond motifs is 1. The summed E-state index contributed by atoms with van der Waals surface area (Å²) in [5, 5.41) is 0. The first-order chi connectivity index (χ1) is 11.7. The molecule has 1 saturated carbocycles. The fourth-order valence-corrected chi connectivity index (χ4v) is 4.74. The Labute approximate surface area is 145 Å². The molecule has 2 saturated heterocycles. The zero-order valence-corrected chi connectivity index (χ0v) is 14.4. The van der Waals surface area contributed by atoms with E-state index in [2.05, 4.69) is 9.97 Å². The lowest BCUT2D eigenvalue weighted by atomic mass is 10.1. The van der Waals surface area contributed by atoms with Gasteiger partial charge in [-0.05, 0) is 31.1 Å². The van der Waals surface area contributed by atoms with Crippen LogP contribution in [0.2, 0.25) is 0 Å². The van der Waals surface area contributed by atoms with Crippen molar-refractivity contribution in [2.24, 2.45) is 17.8 Å². The fraction of sp³-hybridized carbons (Fsp3) is 0.733. The van der Waals surface area contributed by atoms with Crippen LogP contribution < -0.4 is 9.80 Å². The van der Waals surface area contributed by atoms with E-state index in [1.165, 1.54) is 0 Å². The van der Waals surface area contributed by atoms with Crippen LogP contribution in [-0.2, 0) is 17.3 Å². The van der Waals surface area contributed by atoms with Gasteiger partial charge in [-0.25, -0.2) is 9.19 Å². The summed E-state index contributed by atoms with van der Waals surface area (Å²) in [4.78, 5) is 11.7. The minimum atomic E-state index is -4.51. The Morgan fingerprint density at radius 3 is 2.48 bits per heavy atom. The Kier molecular flexibility index (Phi) is 3.95. The average molecular weight is 376 g/mol. The minimum absolute atomic E-state index is 0.136. The molecule has 0 spiro atoms. The van der Waals surface area contributed by atoms with Crippen molar-refractivity contribution in [2.75, 3.05) is 35.2 Å². The molecule has 1 N–H and O–H groups in total. The van der Waals surface area contributed by atoms with E-state index in [0.717, 1.165) is 12.5 Å². The van der Waals surface area contributed by atoms with Crippen LogP contribution in [0.25, 0.3) is 0 Å². The van der Waals surface area contributed by atoms with Crippen molar-refractivity contribution in [1.29, 1.82) is 0 Å². The van der Waals surface area contributed by atoms with Gasteiger partial charge in [-0.2, -0.15) is 18.2 Å². The van der Waals surface area contributed by atoms with Gasteiger partial charge >= 0.3 is 6.18 Å². The summed E-state index contributed by atoms with van der Waals surface area (Å²) >= 11 is -1.82. The van der Waals surface area contributed by atoms with Crippen molar-refractivity contribution in [3.05, 3.63) is 11.8 Å². The molecule has 138 valence electrons. The smallest absolute Gasteiger partial charge is 0.356 e. The molecule has 1 aliphatic carbocycles. The molecule has 0 amide bonds. The summed E-state index contributed by atoms with van der Waals surface area (Å²) in [5.74, 6) is 1.42. The fourth-order valence-electron chi connectivity index (χ4n) is 3.92. The number of hydrogen-bond donors (Lipinski definition) is 1. The van der Waals surface area contributed by atoms with Gasteiger partial charge in [0.1, 0.15) is 5.82 Å². The first kappa shape index (κ1) is 17.0. The molecule has 10 heteroatoms. The molecule has 3 unspecified atom stereocenters. The molecule has 0 radical (unpaired) electrons. The maximum atomic E-state index is 13.2. The summed E-state index contributed by atoms with van der Waals surface area (Å²) in [6.07, 6.45) is -3.59. The lowest BCUT2D eigenvalue weighted by Crippen LogP contribution is -2.47. The molecule has 25 heavy (non-hydrogen) atoms. The van der Waals surface area contributed by atoms with Crippen molar-refractivity contribution >= 4 is 22.8 Å². The van der Waals surface area contributed by atoms with Crippen molar-refractivity contribution in [1.82, 2.24) is 9.97 Å². The van der Waals surface area contributed by atoms with Crippen LogP contribution in [-0.4, -0.2) is 50.2 Å². The average Bonchev–Trinajstić information content (AvgIpc) is 2.95. The van der Waals surface area contributed by atoms with Crippen LogP contribution in [0.5, 0.6) is 0 Å². The van der Waals surface area contributed by atoms with Gasteiger partial charge in [-0.1, -0.05) is 0 Å². The largest absolute Gasteiger partial charge is 0.433 e. The molecule has 3 fully saturated rings. The number of piperidine rings is 1. The predicted molar refractivity (Wildman–Crippen MR) is 86.8 cm³/mol. The number of nitrogens with zero attached hydrogens (tertiary/aromatic N) is 4. The normalized spacial score (nSPS) is 32.4. The monoisotopic (exact) mass is 376 g/mol. The number of alkyl halides is 3. The third-order valence-corrected chi connectivity index (χ3v) is 6.27. The zero-order valence-electron chi connectivity index (χ0n) is 13.6. The molecule has 3 heterocycles. The minimum Gasteiger partial charge on any atom is -0.356 e. The van der Waals surface area contributed by atoms with E-state index < -0.39 is 23.0 Å². The van der Waals surface area contributed by atoms with Crippen LogP contribution >= 0.6 is 0 Å². The van der Waals surface area contributed by atoms with Crippen LogP contribution in [0.15, 0.2) is 6.07 Å². The van der Waals surface area contributed by atoms with Gasteiger partial charge in [0.2, 0.25) is 5.95 Å². The lowest BCUT2D eigenvalue weighted by Gasteiger charge is -2.39. The Morgan fingerprint density at radius 1 is 1.32 bits per heavy atom. The van der Waals surface area contributed by atoms with Gasteiger partial charge in [0.15, 0.2) is 16.8 Å². The molecule has 0 aromatic carbocycles. The van der Waals surface area contributed by atoms with Crippen molar-refractivity contribution in [3.8, 4) is 0 Å². The standard InChI is InChI=1S/C15H19F3N4O2S/c1-8-2-3-22(8)14-19-12(15(16,17)18)4-13(20-14)21-5-9-10(6-21)11(9)7-25(23)24/h4,8-11H,2-3,5-7H2,1H3,(H,23,24)/t8?,9-,10+,11?. The van der Waals surface area contributed by atoms with Crippen molar-refractivity contribution in [2.45, 2.75) is 25.6 Å². The molecule has 1 aromatic rings. The number of rotatable bonds is 4. The number of anilines is 2. The molecule has 5 atom stereocenters. The highest BCUT2D eigenvalue weighted by Gasteiger charge is 2.56. The maximum absolute atomic E-state index is 13.2. The van der Waals surface area contributed by atoms with E-state index in [0.29, 0.717) is 25.5 Å². The van der Waals surface area contributed by atoms with Gasteiger partial charge in [0.25, 0.3) is 0 Å². The predicted octanol–water partition coefficient (Wildman–Crippen LogP) is 2.00. The Morgan fingerprint density at radius 2 is 2.00 bits per heavy atom. The Bertz CT molecular complexity index is 705. The first-order valence-corrected chi connectivity index (χ1v) is 9.57. The van der Waals surface area contributed by atoms with Crippen LogP contribution in [0.4, 0.5) is 24.9 Å². The summed E-state index contributed by atoms with van der Waals surface area (Å²) in [6, 6.07) is 1.16.